The van der Waals surface area contributed by atoms with E-state index < -0.39 is 17.6 Å². The summed E-state index contributed by atoms with van der Waals surface area (Å²) in [4.78, 5) is 43.0. The first-order chi connectivity index (χ1) is 19.9. The molecule has 0 aliphatic heterocycles. The number of likely N-dealkylation sites (N-methyl/N-ethyl adjacent to an activating group) is 3. The third kappa shape index (κ3) is 9.11. The minimum atomic E-state index is -0.888. The first-order valence-corrected chi connectivity index (χ1v) is 14.0. The predicted octanol–water partition coefficient (Wildman–Crippen LogP) is 4.36. The van der Waals surface area contributed by atoms with Gasteiger partial charge in [-0.1, -0.05) is 72.8 Å². The fourth-order valence-corrected chi connectivity index (χ4v) is 4.62. The molecule has 0 aliphatic carbocycles. The van der Waals surface area contributed by atoms with E-state index in [0.29, 0.717) is 12.0 Å². The Kier molecular flexibility index (Phi) is 11.2. The van der Waals surface area contributed by atoms with Crippen LogP contribution in [0.3, 0.4) is 0 Å². The molecule has 0 saturated carbocycles. The van der Waals surface area contributed by atoms with Gasteiger partial charge in [-0.25, -0.2) is 4.39 Å². The Morgan fingerprint density at radius 1 is 0.833 bits per heavy atom. The van der Waals surface area contributed by atoms with Gasteiger partial charge in [-0.2, -0.15) is 0 Å². The highest BCUT2D eigenvalue weighted by Gasteiger charge is 2.34. The molecule has 3 rings (SSSR count). The summed E-state index contributed by atoms with van der Waals surface area (Å²) in [7, 11) is 4.65. The molecule has 3 aromatic carbocycles. The van der Waals surface area contributed by atoms with Crippen molar-refractivity contribution in [3.63, 3.8) is 0 Å². The van der Waals surface area contributed by atoms with Crippen LogP contribution in [0.5, 0.6) is 0 Å². The van der Waals surface area contributed by atoms with Crippen molar-refractivity contribution in [1.29, 1.82) is 0 Å². The van der Waals surface area contributed by atoms with Crippen LogP contribution in [-0.4, -0.2) is 66.3 Å². The number of carbonyl (C=O) groups is 3. The quantitative estimate of drug-likeness (QED) is 0.315. The van der Waals surface area contributed by atoms with E-state index in [9.17, 15) is 18.8 Å². The molecule has 0 aliphatic rings. The lowest BCUT2D eigenvalue weighted by molar-refractivity contribution is -0.146. The van der Waals surface area contributed by atoms with Gasteiger partial charge < -0.3 is 20.9 Å². The number of nitrogens with one attached hydrogen (secondary N) is 1. The number of nitrogens with two attached hydrogens (primary N) is 1. The summed E-state index contributed by atoms with van der Waals surface area (Å²) in [6.07, 6.45) is 4.06. The van der Waals surface area contributed by atoms with Gasteiger partial charge in [0.15, 0.2) is 0 Å². The highest BCUT2D eigenvalue weighted by molar-refractivity contribution is 5.95. The maximum atomic E-state index is 14.1. The van der Waals surface area contributed by atoms with Crippen LogP contribution < -0.4 is 11.1 Å². The fraction of sp³-hybridized carbons (Fsp3) is 0.324. The maximum absolute atomic E-state index is 14.1. The molecule has 0 aromatic heterocycles. The van der Waals surface area contributed by atoms with Crippen molar-refractivity contribution in [2.45, 2.75) is 50.7 Å². The van der Waals surface area contributed by atoms with E-state index in [2.05, 4.69) is 5.32 Å². The number of benzene rings is 3. The van der Waals surface area contributed by atoms with Crippen molar-refractivity contribution >= 4 is 17.7 Å². The van der Waals surface area contributed by atoms with Crippen molar-refractivity contribution in [2.24, 2.45) is 5.73 Å². The van der Waals surface area contributed by atoms with Crippen LogP contribution in [-0.2, 0) is 27.2 Å². The Morgan fingerprint density at radius 2 is 1.36 bits per heavy atom. The number of hydrogen-bond donors (Lipinski definition) is 2. The molecule has 3 aromatic rings. The molecule has 0 spiro atoms. The summed E-state index contributed by atoms with van der Waals surface area (Å²) in [6.45, 7) is 3.73. The van der Waals surface area contributed by atoms with Crippen molar-refractivity contribution in [3.05, 3.63) is 108 Å². The van der Waals surface area contributed by atoms with Crippen molar-refractivity contribution in [2.75, 3.05) is 21.1 Å². The predicted molar refractivity (Wildman–Crippen MR) is 165 cm³/mol. The molecule has 7 nitrogen and oxygen atoms in total. The van der Waals surface area contributed by atoms with Gasteiger partial charge in [0.2, 0.25) is 17.7 Å². The van der Waals surface area contributed by atoms with E-state index in [1.807, 2.05) is 68.4 Å². The molecular weight excluding hydrogens is 531 g/mol. The number of hydrogen-bond acceptors (Lipinski definition) is 4. The molecule has 0 fully saturated rings. The second kappa shape index (κ2) is 14.5. The van der Waals surface area contributed by atoms with Crippen LogP contribution in [0.25, 0.3) is 11.1 Å². The second-order valence-electron chi connectivity index (χ2n) is 11.2. The van der Waals surface area contributed by atoms with Gasteiger partial charge in [-0.3, -0.25) is 14.4 Å². The van der Waals surface area contributed by atoms with E-state index in [1.54, 1.807) is 32.3 Å². The Labute approximate surface area is 248 Å². The average molecular weight is 573 g/mol. The molecule has 0 heterocycles. The zero-order chi connectivity index (χ0) is 30.9. The van der Waals surface area contributed by atoms with Crippen molar-refractivity contribution < 1.29 is 18.8 Å². The number of carbonyl (C=O) groups excluding carboxylic acids is 3. The lowest BCUT2D eigenvalue weighted by atomic mass is 9.98. The second-order valence-corrected chi connectivity index (χ2v) is 11.2. The number of amides is 3. The number of nitrogens with zero attached hydrogens (tertiary/aromatic N) is 2. The molecule has 8 heteroatoms. The van der Waals surface area contributed by atoms with Crippen LogP contribution in [0, 0.1) is 5.82 Å². The lowest BCUT2D eigenvalue weighted by Crippen LogP contribution is -2.55. The summed E-state index contributed by atoms with van der Waals surface area (Å²) in [6, 6.07) is 21.9. The number of rotatable bonds is 12. The minimum Gasteiger partial charge on any atom is -0.357 e. The standard InChI is InChI=1S/C34H41FN4O3/c1-34(2,36)21-9-12-31(40)38(4)30(23-24-13-17-27(18-14-24)26-10-7-6-8-11-26)33(42)39(5)29(32(41)37-3)22-25-15-19-28(35)20-16-25/h6-20,29-30H,21-23,36H2,1-5H3,(H,37,41)/t29-,30-/m1/s1. The number of halogens is 1. The topological polar surface area (TPSA) is 95.7 Å². The highest BCUT2D eigenvalue weighted by Crippen LogP contribution is 2.21. The lowest BCUT2D eigenvalue weighted by Gasteiger charge is -2.34. The normalized spacial score (nSPS) is 12.9. The van der Waals surface area contributed by atoms with Crippen LogP contribution in [0.15, 0.2) is 91.0 Å². The molecule has 42 heavy (non-hydrogen) atoms. The molecule has 3 N–H and O–H groups in total. The molecule has 0 unspecified atom stereocenters. The summed E-state index contributed by atoms with van der Waals surface area (Å²) in [5, 5.41) is 2.63. The molecular formula is C34H41FN4O3. The van der Waals surface area contributed by atoms with Crippen LogP contribution in [0.1, 0.15) is 31.4 Å². The summed E-state index contributed by atoms with van der Waals surface area (Å²) in [5.41, 5.74) is 9.25. The molecule has 0 bridgehead atoms. The summed E-state index contributed by atoms with van der Waals surface area (Å²) >= 11 is 0. The van der Waals surface area contributed by atoms with Crippen molar-refractivity contribution in [1.82, 2.24) is 15.1 Å². The highest BCUT2D eigenvalue weighted by atomic mass is 19.1. The molecule has 3 amide bonds. The Balaban J connectivity index is 1.90. The molecule has 2 atom stereocenters. The van der Waals surface area contributed by atoms with Gasteiger partial charge in [0.05, 0.1) is 0 Å². The van der Waals surface area contributed by atoms with Gasteiger partial charge in [0.1, 0.15) is 17.9 Å². The van der Waals surface area contributed by atoms with E-state index in [0.717, 1.165) is 16.7 Å². The first-order valence-electron chi connectivity index (χ1n) is 14.0. The minimum absolute atomic E-state index is 0.184. The van der Waals surface area contributed by atoms with Crippen LogP contribution in [0.4, 0.5) is 4.39 Å². The third-order valence-electron chi connectivity index (χ3n) is 7.20. The molecule has 0 radical (unpaired) electrons. The van der Waals surface area contributed by atoms with Gasteiger partial charge in [-0.15, -0.1) is 0 Å². The van der Waals surface area contributed by atoms with E-state index in [4.69, 9.17) is 5.73 Å². The van der Waals surface area contributed by atoms with Crippen molar-refractivity contribution in [3.8, 4) is 11.1 Å². The first kappa shape index (κ1) is 32.2. The van der Waals surface area contributed by atoms with Crippen LogP contribution >= 0.6 is 0 Å². The monoisotopic (exact) mass is 572 g/mol. The zero-order valence-corrected chi connectivity index (χ0v) is 25.0. The summed E-state index contributed by atoms with van der Waals surface area (Å²) < 4.78 is 13.5. The van der Waals surface area contributed by atoms with Gasteiger partial charge >= 0.3 is 0 Å². The maximum Gasteiger partial charge on any atom is 0.246 e. The Hall–Kier alpha value is -4.30. The van der Waals surface area contributed by atoms with E-state index >= 15 is 0 Å². The van der Waals surface area contributed by atoms with E-state index in [-0.39, 0.29) is 36.4 Å². The average Bonchev–Trinajstić information content (AvgIpc) is 2.98. The fourth-order valence-electron chi connectivity index (χ4n) is 4.62. The van der Waals surface area contributed by atoms with Gasteiger partial charge in [0, 0.05) is 39.5 Å². The molecule has 0 saturated heterocycles. The smallest absolute Gasteiger partial charge is 0.246 e. The summed E-state index contributed by atoms with van der Waals surface area (Å²) in [5.74, 6) is -1.48. The Bertz CT molecular complexity index is 1370. The third-order valence-corrected chi connectivity index (χ3v) is 7.20. The van der Waals surface area contributed by atoms with Crippen LogP contribution in [0.2, 0.25) is 0 Å². The molecule has 222 valence electrons. The SMILES string of the molecule is CNC(=O)[C@@H](Cc1ccc(F)cc1)N(C)C(=O)[C@@H](Cc1ccc(-c2ccccc2)cc1)N(C)C(=O)C=CCC(C)(C)N. The van der Waals surface area contributed by atoms with Gasteiger partial charge in [-0.05, 0) is 60.7 Å². The zero-order valence-electron chi connectivity index (χ0n) is 25.0. The Morgan fingerprint density at radius 3 is 1.90 bits per heavy atom. The van der Waals surface area contributed by atoms with Gasteiger partial charge in [0.25, 0.3) is 0 Å². The van der Waals surface area contributed by atoms with E-state index in [1.165, 1.54) is 35.1 Å². The largest absolute Gasteiger partial charge is 0.357 e.